The maximum Gasteiger partial charge on any atom is 0.0662 e. The van der Waals surface area contributed by atoms with Crippen LogP contribution in [0, 0.1) is 0 Å². The van der Waals surface area contributed by atoms with E-state index in [1.165, 1.54) is 0 Å². The van der Waals surface area contributed by atoms with E-state index in [0.717, 1.165) is 31.5 Å². The van der Waals surface area contributed by atoms with Gasteiger partial charge < -0.3 is 5.32 Å². The Balaban J connectivity index is 2.37. The molecule has 0 fully saturated rings. The van der Waals surface area contributed by atoms with Gasteiger partial charge in [-0.1, -0.05) is 19.1 Å². The Hall–Kier alpha value is -1.09. The molecule has 0 aliphatic heterocycles. The van der Waals surface area contributed by atoms with Gasteiger partial charge in [-0.15, -0.1) is 0 Å². The summed E-state index contributed by atoms with van der Waals surface area (Å²) in [5, 5.41) is 7.67. The highest BCUT2D eigenvalue weighted by Crippen LogP contribution is 2.09. The first-order valence-electron chi connectivity index (χ1n) is 6.11. The van der Waals surface area contributed by atoms with Gasteiger partial charge in [0.25, 0.3) is 0 Å². The number of rotatable bonds is 7. The Morgan fingerprint density at radius 1 is 1.50 bits per heavy atom. The standard InChI is InChI=1S/C13H23N3/c1-4-12(2)16-11-9-13(15-16)8-6-5-7-10-14-3/h5-6,9,11-12,14H,4,7-8,10H2,1-3H3. The SMILES string of the molecule is CCC(C)n1ccc(CC=CCCNC)n1. The van der Waals surface area contributed by atoms with Crippen molar-refractivity contribution in [2.24, 2.45) is 0 Å². The lowest BCUT2D eigenvalue weighted by Crippen LogP contribution is -2.05. The Kier molecular flexibility index (Phi) is 5.86. The second kappa shape index (κ2) is 7.23. The molecule has 1 N–H and O–H groups in total. The highest BCUT2D eigenvalue weighted by atomic mass is 15.3. The van der Waals surface area contributed by atoms with E-state index in [-0.39, 0.29) is 0 Å². The van der Waals surface area contributed by atoms with Crippen LogP contribution in [0.4, 0.5) is 0 Å². The Labute approximate surface area is 98.5 Å². The van der Waals surface area contributed by atoms with Crippen molar-refractivity contribution in [1.29, 1.82) is 0 Å². The average Bonchev–Trinajstić information content (AvgIpc) is 2.76. The van der Waals surface area contributed by atoms with Gasteiger partial charge in [0.2, 0.25) is 0 Å². The fourth-order valence-electron chi connectivity index (χ4n) is 1.47. The molecule has 0 saturated heterocycles. The summed E-state index contributed by atoms with van der Waals surface area (Å²) in [6.07, 6.45) is 9.62. The zero-order chi connectivity index (χ0) is 11.8. The van der Waals surface area contributed by atoms with Crippen LogP contribution in [0.3, 0.4) is 0 Å². The lowest BCUT2D eigenvalue weighted by Gasteiger charge is -2.07. The quantitative estimate of drug-likeness (QED) is 0.566. The molecular formula is C13H23N3. The van der Waals surface area contributed by atoms with Crippen LogP contribution in [0.1, 0.15) is 38.4 Å². The summed E-state index contributed by atoms with van der Waals surface area (Å²) in [6, 6.07) is 2.61. The van der Waals surface area contributed by atoms with E-state index < -0.39 is 0 Å². The number of nitrogens with zero attached hydrogens (tertiary/aromatic N) is 2. The number of hydrogen-bond acceptors (Lipinski definition) is 2. The summed E-state index contributed by atoms with van der Waals surface area (Å²) in [4.78, 5) is 0. The van der Waals surface area contributed by atoms with E-state index in [1.54, 1.807) is 0 Å². The molecule has 1 aromatic rings. The fourth-order valence-corrected chi connectivity index (χ4v) is 1.47. The largest absolute Gasteiger partial charge is 0.319 e. The molecule has 1 aromatic heterocycles. The van der Waals surface area contributed by atoms with Gasteiger partial charge in [0.1, 0.15) is 0 Å². The molecule has 1 rings (SSSR count). The lowest BCUT2D eigenvalue weighted by molar-refractivity contribution is 0.474. The van der Waals surface area contributed by atoms with Crippen molar-refractivity contribution in [3.8, 4) is 0 Å². The molecule has 3 nitrogen and oxygen atoms in total. The van der Waals surface area contributed by atoms with Gasteiger partial charge in [-0.2, -0.15) is 5.10 Å². The second-order valence-corrected chi connectivity index (χ2v) is 4.11. The molecule has 0 aliphatic rings. The second-order valence-electron chi connectivity index (χ2n) is 4.11. The summed E-state index contributed by atoms with van der Waals surface area (Å²) < 4.78 is 2.05. The van der Waals surface area contributed by atoms with Crippen LogP contribution in [-0.4, -0.2) is 23.4 Å². The van der Waals surface area contributed by atoms with E-state index in [0.29, 0.717) is 6.04 Å². The fraction of sp³-hybridized carbons (Fsp3) is 0.615. The van der Waals surface area contributed by atoms with Crippen molar-refractivity contribution in [2.45, 2.75) is 39.2 Å². The van der Waals surface area contributed by atoms with Crippen molar-refractivity contribution in [1.82, 2.24) is 15.1 Å². The van der Waals surface area contributed by atoms with Gasteiger partial charge in [-0.05, 0) is 39.4 Å². The third-order valence-corrected chi connectivity index (χ3v) is 2.76. The van der Waals surface area contributed by atoms with Crippen molar-refractivity contribution in [3.05, 3.63) is 30.1 Å². The normalized spacial score (nSPS) is 13.4. The first kappa shape index (κ1) is 13.0. The number of hydrogen-bond donors (Lipinski definition) is 1. The Morgan fingerprint density at radius 2 is 2.31 bits per heavy atom. The topological polar surface area (TPSA) is 29.9 Å². The van der Waals surface area contributed by atoms with E-state index in [1.807, 2.05) is 7.05 Å². The van der Waals surface area contributed by atoms with Crippen molar-refractivity contribution in [2.75, 3.05) is 13.6 Å². The summed E-state index contributed by atoms with van der Waals surface area (Å²) in [5.41, 5.74) is 1.15. The number of nitrogens with one attached hydrogen (secondary N) is 1. The molecule has 0 saturated carbocycles. The van der Waals surface area contributed by atoms with Crippen molar-refractivity contribution >= 4 is 0 Å². The molecule has 1 heterocycles. The van der Waals surface area contributed by atoms with Gasteiger partial charge in [0.05, 0.1) is 5.69 Å². The lowest BCUT2D eigenvalue weighted by atomic mass is 10.2. The summed E-state index contributed by atoms with van der Waals surface area (Å²) in [6.45, 7) is 5.42. The molecule has 90 valence electrons. The molecule has 0 spiro atoms. The monoisotopic (exact) mass is 221 g/mol. The molecule has 0 aromatic carbocycles. The predicted molar refractivity (Wildman–Crippen MR) is 68.6 cm³/mol. The molecular weight excluding hydrogens is 198 g/mol. The maximum absolute atomic E-state index is 4.55. The molecule has 1 unspecified atom stereocenters. The zero-order valence-corrected chi connectivity index (χ0v) is 10.6. The van der Waals surface area contributed by atoms with Crippen LogP contribution in [0.2, 0.25) is 0 Å². The van der Waals surface area contributed by atoms with Crippen molar-refractivity contribution in [3.63, 3.8) is 0 Å². The van der Waals surface area contributed by atoms with Crippen LogP contribution >= 0.6 is 0 Å². The Morgan fingerprint density at radius 3 is 3.00 bits per heavy atom. The maximum atomic E-state index is 4.55. The molecule has 0 radical (unpaired) electrons. The van der Waals surface area contributed by atoms with Gasteiger partial charge in [0.15, 0.2) is 0 Å². The third-order valence-electron chi connectivity index (χ3n) is 2.76. The summed E-state index contributed by atoms with van der Waals surface area (Å²) in [5.74, 6) is 0. The smallest absolute Gasteiger partial charge is 0.0662 e. The molecule has 0 amide bonds. The summed E-state index contributed by atoms with van der Waals surface area (Å²) in [7, 11) is 1.97. The van der Waals surface area contributed by atoms with Gasteiger partial charge in [-0.3, -0.25) is 4.68 Å². The van der Waals surface area contributed by atoms with E-state index >= 15 is 0 Å². The highest BCUT2D eigenvalue weighted by molar-refractivity contribution is 5.05. The van der Waals surface area contributed by atoms with Crippen LogP contribution < -0.4 is 5.32 Å². The minimum atomic E-state index is 0.502. The van der Waals surface area contributed by atoms with Gasteiger partial charge >= 0.3 is 0 Å². The zero-order valence-electron chi connectivity index (χ0n) is 10.6. The average molecular weight is 221 g/mol. The highest BCUT2D eigenvalue weighted by Gasteiger charge is 2.02. The van der Waals surface area contributed by atoms with Crippen LogP contribution in [0.15, 0.2) is 24.4 Å². The van der Waals surface area contributed by atoms with E-state index in [9.17, 15) is 0 Å². The van der Waals surface area contributed by atoms with E-state index in [2.05, 4.69) is 53.4 Å². The first-order valence-corrected chi connectivity index (χ1v) is 6.11. The minimum absolute atomic E-state index is 0.502. The Bertz CT molecular complexity index is 315. The summed E-state index contributed by atoms with van der Waals surface area (Å²) >= 11 is 0. The van der Waals surface area contributed by atoms with Crippen LogP contribution in [0.5, 0.6) is 0 Å². The minimum Gasteiger partial charge on any atom is -0.319 e. The van der Waals surface area contributed by atoms with Gasteiger partial charge in [0, 0.05) is 18.7 Å². The van der Waals surface area contributed by atoms with Gasteiger partial charge in [-0.25, -0.2) is 0 Å². The molecule has 1 atom stereocenters. The third kappa shape index (κ3) is 4.19. The number of allylic oxidation sites excluding steroid dienone is 1. The van der Waals surface area contributed by atoms with Crippen LogP contribution in [0.25, 0.3) is 0 Å². The van der Waals surface area contributed by atoms with E-state index in [4.69, 9.17) is 0 Å². The van der Waals surface area contributed by atoms with Crippen molar-refractivity contribution < 1.29 is 0 Å². The molecule has 0 aliphatic carbocycles. The molecule has 3 heteroatoms. The number of aromatic nitrogens is 2. The molecule has 16 heavy (non-hydrogen) atoms. The first-order chi connectivity index (χ1) is 7.77. The predicted octanol–water partition coefficient (Wildman–Crippen LogP) is 2.56. The molecule has 0 bridgehead atoms. The van der Waals surface area contributed by atoms with Crippen LogP contribution in [-0.2, 0) is 6.42 Å².